The Labute approximate surface area is 657 Å². The van der Waals surface area contributed by atoms with Crippen LogP contribution in [0.25, 0.3) is 48.6 Å². The normalized spacial score (nSPS) is 11.5. The van der Waals surface area contributed by atoms with Crippen molar-refractivity contribution in [2.24, 2.45) is 0 Å². The number of unbranched alkanes of at least 4 members (excludes halogenated alkanes) is 2. The van der Waals surface area contributed by atoms with Gasteiger partial charge in [-0.25, -0.2) is 9.13 Å². The van der Waals surface area contributed by atoms with E-state index in [1.807, 2.05) is 84.8 Å². The molecule has 0 aliphatic heterocycles. The molecule has 4 aromatic heterocycles. The van der Waals surface area contributed by atoms with E-state index >= 15 is 0 Å². The first-order valence-electron chi connectivity index (χ1n) is 37.9. The maximum atomic E-state index is 12.4. The predicted molar refractivity (Wildman–Crippen MR) is 454 cm³/mol. The van der Waals surface area contributed by atoms with Crippen molar-refractivity contribution < 1.29 is 63.6 Å². The molecule has 0 saturated carbocycles. The number of hydrogen-bond donors (Lipinski definition) is 7. The van der Waals surface area contributed by atoms with Gasteiger partial charge in [0.25, 0.3) is 0 Å². The first-order chi connectivity index (χ1) is 53.0. The zero-order valence-electron chi connectivity index (χ0n) is 62.9. The number of Topliss-reactive ketones (excluding diaryl/α,β-unsaturated/α-hetero) is 2. The summed E-state index contributed by atoms with van der Waals surface area (Å²) in [4.78, 5) is 33.0. The molecule has 4 aromatic carbocycles. The van der Waals surface area contributed by atoms with E-state index < -0.39 is 0 Å². The summed E-state index contributed by atoms with van der Waals surface area (Å²) >= 11 is 0. The summed E-state index contributed by atoms with van der Waals surface area (Å²) < 4.78 is 8.89. The summed E-state index contributed by atoms with van der Waals surface area (Å²) in [6.45, 7) is 10.7. The fourth-order valence-electron chi connectivity index (χ4n) is 12.0. The third-order valence-corrected chi connectivity index (χ3v) is 22.7. The van der Waals surface area contributed by atoms with Gasteiger partial charge in [-0.3, -0.25) is 9.59 Å². The van der Waals surface area contributed by atoms with Gasteiger partial charge < -0.3 is 55.3 Å². The quantitative estimate of drug-likeness (QED) is 0.0108. The number of ketones is 2. The van der Waals surface area contributed by atoms with E-state index in [1.54, 1.807) is 21.6 Å². The Morgan fingerprint density at radius 2 is 0.583 bits per heavy atom. The number of pyridine rings is 4. The maximum Gasteiger partial charge on any atom is 0.205 e. The Balaban J connectivity index is 0.000000308. The first kappa shape index (κ1) is 87.3. The van der Waals surface area contributed by atoms with Crippen LogP contribution in [-0.2, 0) is 35.8 Å². The molecule has 21 heteroatoms. The van der Waals surface area contributed by atoms with E-state index in [0.717, 1.165) is 155 Å². The molecule has 0 unspecified atom stereocenters. The first-order valence-corrected chi connectivity index (χ1v) is 42.9. The second kappa shape index (κ2) is 53.0. The minimum atomic E-state index is 0.0452. The molecule has 4 heterocycles. The van der Waals surface area contributed by atoms with Gasteiger partial charge in [0.1, 0.15) is 24.7 Å². The molecule has 0 aliphatic rings. The molecule has 0 radical (unpaired) electrons. The highest BCUT2D eigenvalue weighted by atomic mass is 33.1. The third-order valence-electron chi connectivity index (χ3n) is 17.9. The van der Waals surface area contributed by atoms with Crippen LogP contribution in [0.15, 0.2) is 195 Å². The Bertz CT molecular complexity index is 3630. The molecule has 17 nitrogen and oxygen atoms in total. The van der Waals surface area contributed by atoms with E-state index in [1.165, 1.54) is 0 Å². The summed E-state index contributed by atoms with van der Waals surface area (Å²) in [5.74, 6) is 4.21. The lowest BCUT2D eigenvalue weighted by Crippen LogP contribution is -2.38. The Morgan fingerprint density at radius 3 is 0.880 bits per heavy atom. The van der Waals surface area contributed by atoms with Gasteiger partial charge >= 0.3 is 0 Å². The molecule has 0 aliphatic carbocycles. The standard InChI is InChI=1S/C49H66N4O5S2.C38H48N4O4S2/c1-2-27-52(34-37-54)46-17-13-42(14-18-46)9-11-44-21-30-50(31-22-44)28-5-3-7-48(57)25-40-59-60-41-26-49(58)8-4-6-29-51-32-23-45(24-33-51)12-10-43-15-19-47(20-16-43)53(35-38-55)36-39-56;43-27-21-41(22-28-44)37-15-9-33(10-16-37)7-13-35-5-1-3-19-39(35)25-31-47-48-32-26-40-20-4-2-6-36(40)14-8-34-11-17-38(18-12-34)42(23-29-45)24-30-46/h9-24,30-33,54-56H,2-8,25-29,34-41H2,1H3;1-20,43-46H,21-32H2/q2*+2. The van der Waals surface area contributed by atoms with Crippen molar-refractivity contribution in [3.05, 3.63) is 240 Å². The number of rotatable bonds is 52. The average Bonchev–Trinajstić information content (AvgIpc) is 0.882. The lowest BCUT2D eigenvalue weighted by atomic mass is 10.1. The van der Waals surface area contributed by atoms with Crippen LogP contribution in [0, 0.1) is 0 Å². The number of aliphatic hydroxyl groups excluding tert-OH is 7. The second-order valence-corrected chi connectivity index (χ2v) is 31.3. The number of aliphatic hydroxyl groups is 7. The minimum absolute atomic E-state index is 0.0452. The van der Waals surface area contributed by atoms with Crippen LogP contribution in [0.4, 0.5) is 22.7 Å². The summed E-state index contributed by atoms with van der Waals surface area (Å²) in [7, 11) is 7.19. The van der Waals surface area contributed by atoms with Gasteiger partial charge in [0.2, 0.25) is 11.4 Å². The van der Waals surface area contributed by atoms with Gasteiger partial charge in [-0.15, -0.1) is 0 Å². The van der Waals surface area contributed by atoms with Crippen molar-refractivity contribution in [3.63, 3.8) is 0 Å². The number of anilines is 4. The number of nitrogens with zero attached hydrogens (tertiary/aromatic N) is 8. The van der Waals surface area contributed by atoms with Crippen LogP contribution in [-0.4, -0.2) is 169 Å². The van der Waals surface area contributed by atoms with E-state index in [-0.39, 0.29) is 46.2 Å². The average molecular weight is 1540 g/mol. The Kier molecular flexibility index (Phi) is 42.9. The fourth-order valence-corrected chi connectivity index (χ4v) is 16.0. The van der Waals surface area contributed by atoms with E-state index in [0.29, 0.717) is 83.1 Å². The van der Waals surface area contributed by atoms with Crippen molar-refractivity contribution in [1.82, 2.24) is 0 Å². The van der Waals surface area contributed by atoms with Crippen LogP contribution < -0.4 is 37.9 Å². The van der Waals surface area contributed by atoms with Crippen LogP contribution in [0.3, 0.4) is 0 Å². The Morgan fingerprint density at radius 1 is 0.306 bits per heavy atom. The molecule has 0 bridgehead atoms. The molecule has 0 atom stereocenters. The van der Waals surface area contributed by atoms with E-state index in [9.17, 15) is 45.3 Å². The number of benzene rings is 4. The molecule has 108 heavy (non-hydrogen) atoms. The molecule has 0 amide bonds. The van der Waals surface area contributed by atoms with Crippen molar-refractivity contribution in [2.75, 3.05) is 141 Å². The van der Waals surface area contributed by atoms with E-state index in [4.69, 9.17) is 0 Å². The number of aryl methyl sites for hydroxylation is 4. The topological polar surface area (TPSA) is 204 Å². The summed E-state index contributed by atoms with van der Waals surface area (Å²) in [5, 5.41) is 65.2. The van der Waals surface area contributed by atoms with Crippen molar-refractivity contribution in [3.8, 4) is 0 Å². The van der Waals surface area contributed by atoms with Crippen LogP contribution in [0.1, 0.15) is 109 Å². The largest absolute Gasteiger partial charge is 0.395 e. The van der Waals surface area contributed by atoms with Crippen molar-refractivity contribution in [2.45, 2.75) is 90.9 Å². The molecule has 8 rings (SSSR count). The van der Waals surface area contributed by atoms with Crippen molar-refractivity contribution >= 4 is 126 Å². The predicted octanol–water partition coefficient (Wildman–Crippen LogP) is 12.2. The van der Waals surface area contributed by atoms with Gasteiger partial charge in [-0.2, -0.15) is 9.13 Å². The highest BCUT2D eigenvalue weighted by Gasteiger charge is 2.14. The number of carbonyl (C=O) groups is 2. The van der Waals surface area contributed by atoms with Gasteiger partial charge in [0, 0.05) is 186 Å². The number of aromatic nitrogens is 4. The highest BCUT2D eigenvalue weighted by Crippen LogP contribution is 2.26. The minimum Gasteiger partial charge on any atom is -0.395 e. The van der Waals surface area contributed by atoms with Crippen LogP contribution in [0.2, 0.25) is 0 Å². The molecular formula is C87H114N8O9S4+4. The van der Waals surface area contributed by atoms with Crippen LogP contribution >= 0.6 is 43.2 Å². The van der Waals surface area contributed by atoms with Gasteiger partial charge in [0.05, 0.1) is 57.8 Å². The number of hydrogen-bond acceptors (Lipinski definition) is 17. The highest BCUT2D eigenvalue weighted by molar-refractivity contribution is 8.77. The monoisotopic (exact) mass is 1540 g/mol. The summed E-state index contributed by atoms with van der Waals surface area (Å²) in [5.41, 5.74) is 13.0. The SMILES string of the molecule is CCCN(CCO)c1ccc(/C=C/c2cc[n+](CCCCC(=O)CCSSCCC(=O)CCCC[n+]3ccc(/C=C/c4ccc(N(CCO)CCO)cc4)cc3)cc2)cc1.OCCN(CCO)c1ccc(/C=C/c2cccc[n+]2CCSSCC[n+]2ccccc2/C=C/c2ccc(N(CCO)CCO)cc2)cc1. The molecule has 8 aromatic rings. The molecule has 0 fully saturated rings. The third kappa shape index (κ3) is 33.5. The molecule has 7 N–H and O–H groups in total. The molecular weight excluding hydrogens is 1430 g/mol. The van der Waals surface area contributed by atoms with Gasteiger partial charge in [0.15, 0.2) is 50.3 Å². The van der Waals surface area contributed by atoms with Crippen LogP contribution in [0.5, 0.6) is 0 Å². The molecule has 0 saturated heterocycles. The lowest BCUT2D eigenvalue weighted by Gasteiger charge is -2.23. The Hall–Kier alpha value is -7.90. The maximum absolute atomic E-state index is 12.4. The van der Waals surface area contributed by atoms with Crippen molar-refractivity contribution in [1.29, 1.82) is 0 Å². The summed E-state index contributed by atoms with van der Waals surface area (Å²) in [6, 6.07) is 53.8. The summed E-state index contributed by atoms with van der Waals surface area (Å²) in [6.07, 6.45) is 36.7. The molecule has 576 valence electrons. The fraction of sp³-hybridized carbons (Fsp3) is 0.379. The molecule has 0 spiro atoms. The smallest absolute Gasteiger partial charge is 0.205 e. The van der Waals surface area contributed by atoms with Gasteiger partial charge in [-0.1, -0.05) is 123 Å². The van der Waals surface area contributed by atoms with Gasteiger partial charge in [-0.05, 0) is 125 Å². The van der Waals surface area contributed by atoms with E-state index in [2.05, 4.69) is 225 Å². The second-order valence-electron chi connectivity index (χ2n) is 25.9. The lowest BCUT2D eigenvalue weighted by molar-refractivity contribution is -0.697. The zero-order chi connectivity index (χ0) is 76.4. The number of carbonyl (C=O) groups excluding carboxylic acids is 2. The zero-order valence-corrected chi connectivity index (χ0v) is 66.1.